The minimum Gasteiger partial charge on any atom is -0.360 e. The molecule has 1 aromatic carbocycles. The number of fused-ring (bicyclic) bond motifs is 1. The summed E-state index contributed by atoms with van der Waals surface area (Å²) in [4.78, 5) is 32.1. The first-order chi connectivity index (χ1) is 19.0. The number of amides is 2. The van der Waals surface area contributed by atoms with E-state index in [4.69, 9.17) is 9.84 Å². The van der Waals surface area contributed by atoms with Crippen LogP contribution in [0.25, 0.3) is 22.2 Å². The van der Waals surface area contributed by atoms with Crippen molar-refractivity contribution < 1.29 is 14.3 Å². The molecule has 0 unspecified atom stereocenters. The zero-order valence-electron chi connectivity index (χ0n) is 24.4. The van der Waals surface area contributed by atoms with Crippen molar-refractivity contribution in [2.24, 2.45) is 0 Å². The zero-order chi connectivity index (χ0) is 28.9. The highest BCUT2D eigenvalue weighted by atomic mass is 28.3. The Bertz CT molecular complexity index is 1360. The van der Waals surface area contributed by atoms with Crippen molar-refractivity contribution in [2.75, 3.05) is 26.0 Å². The van der Waals surface area contributed by atoms with Gasteiger partial charge in [0.1, 0.15) is 6.73 Å². The number of anilines is 1. The molecule has 0 bridgehead atoms. The van der Waals surface area contributed by atoms with Crippen LogP contribution in [0.3, 0.4) is 0 Å². The Morgan fingerprint density at radius 1 is 1.15 bits per heavy atom. The normalized spacial score (nSPS) is 17.6. The van der Waals surface area contributed by atoms with Crippen molar-refractivity contribution in [2.45, 2.75) is 70.2 Å². The van der Waals surface area contributed by atoms with Gasteiger partial charge in [0.25, 0.3) is 5.91 Å². The van der Waals surface area contributed by atoms with Crippen molar-refractivity contribution in [3.8, 4) is 11.3 Å². The molecule has 1 aliphatic rings. The number of benzene rings is 1. The fourth-order valence-electron chi connectivity index (χ4n) is 4.98. The largest absolute Gasteiger partial charge is 0.360 e. The van der Waals surface area contributed by atoms with Crippen LogP contribution in [-0.2, 0) is 16.3 Å². The number of nitrogens with zero attached hydrogens (tertiary/aromatic N) is 4. The monoisotopic (exact) mass is 562 g/mol. The van der Waals surface area contributed by atoms with Crippen molar-refractivity contribution in [1.82, 2.24) is 25.0 Å². The average Bonchev–Trinajstić information content (AvgIpc) is 3.29. The molecular formula is C30H42N6O3Si. The maximum absolute atomic E-state index is 13.6. The minimum absolute atomic E-state index is 0.131. The van der Waals surface area contributed by atoms with Crippen LogP contribution in [0.5, 0.6) is 0 Å². The van der Waals surface area contributed by atoms with E-state index in [2.05, 4.69) is 60.8 Å². The SMILES string of the molecule is C=CC(=O)Nc1ccnc(-c2ccc3c(c2)c(C(=O)NC2CCC(N(C)C)CC2)nn3COCC[Si](C)(C)C)c1. The smallest absolute Gasteiger partial charge is 0.272 e. The number of carbonyl (C=O) groups excluding carboxylic acids is 2. The summed E-state index contributed by atoms with van der Waals surface area (Å²) in [5.74, 6) is -0.460. The number of rotatable bonds is 11. The summed E-state index contributed by atoms with van der Waals surface area (Å²) in [5, 5.41) is 11.5. The van der Waals surface area contributed by atoms with Crippen LogP contribution < -0.4 is 10.6 Å². The van der Waals surface area contributed by atoms with Crippen LogP contribution in [0.4, 0.5) is 5.69 Å². The molecule has 1 saturated carbocycles. The third-order valence-electron chi connectivity index (χ3n) is 7.45. The van der Waals surface area contributed by atoms with Crippen molar-refractivity contribution >= 4 is 36.5 Å². The Morgan fingerprint density at radius 3 is 2.58 bits per heavy atom. The van der Waals surface area contributed by atoms with Crippen molar-refractivity contribution in [3.63, 3.8) is 0 Å². The Morgan fingerprint density at radius 2 is 1.90 bits per heavy atom. The lowest BCUT2D eigenvalue weighted by atomic mass is 9.90. The number of ether oxygens (including phenoxy) is 1. The second-order valence-electron chi connectivity index (χ2n) is 12.0. The number of hydrogen-bond donors (Lipinski definition) is 2. The van der Waals surface area contributed by atoms with E-state index in [0.29, 0.717) is 29.7 Å². The molecular weight excluding hydrogens is 520 g/mol. The van der Waals surface area contributed by atoms with Gasteiger partial charge in [-0.3, -0.25) is 14.6 Å². The van der Waals surface area contributed by atoms with E-state index >= 15 is 0 Å². The fourth-order valence-corrected chi connectivity index (χ4v) is 5.74. The van der Waals surface area contributed by atoms with Crippen LogP contribution in [0.1, 0.15) is 36.2 Å². The predicted molar refractivity (Wildman–Crippen MR) is 163 cm³/mol. The molecule has 2 N–H and O–H groups in total. The fraction of sp³-hybridized carbons (Fsp3) is 0.467. The highest BCUT2D eigenvalue weighted by Gasteiger charge is 2.26. The molecule has 0 atom stereocenters. The molecule has 2 heterocycles. The molecule has 9 nitrogen and oxygen atoms in total. The van der Waals surface area contributed by atoms with Crippen molar-refractivity contribution in [3.05, 3.63) is 54.9 Å². The highest BCUT2D eigenvalue weighted by molar-refractivity contribution is 6.76. The highest BCUT2D eigenvalue weighted by Crippen LogP contribution is 2.28. The van der Waals surface area contributed by atoms with E-state index in [1.807, 2.05) is 18.2 Å². The quantitative estimate of drug-likeness (QED) is 0.191. The van der Waals surface area contributed by atoms with E-state index in [-0.39, 0.29) is 24.6 Å². The maximum Gasteiger partial charge on any atom is 0.272 e. The maximum atomic E-state index is 13.6. The van der Waals surface area contributed by atoms with E-state index < -0.39 is 8.07 Å². The lowest BCUT2D eigenvalue weighted by Crippen LogP contribution is -2.42. The third kappa shape index (κ3) is 7.65. The summed E-state index contributed by atoms with van der Waals surface area (Å²) in [7, 11) is 3.01. The minimum atomic E-state index is -1.22. The lowest BCUT2D eigenvalue weighted by Gasteiger charge is -2.32. The second kappa shape index (κ2) is 12.9. The number of nitrogens with one attached hydrogen (secondary N) is 2. The van der Waals surface area contributed by atoms with E-state index in [1.54, 1.807) is 23.0 Å². The first-order valence-electron chi connectivity index (χ1n) is 14.0. The number of hydrogen-bond acceptors (Lipinski definition) is 6. The Balaban J connectivity index is 1.61. The summed E-state index contributed by atoms with van der Waals surface area (Å²) >= 11 is 0. The molecule has 214 valence electrons. The second-order valence-corrected chi connectivity index (χ2v) is 17.6. The van der Waals surface area contributed by atoms with Crippen LogP contribution >= 0.6 is 0 Å². The summed E-state index contributed by atoms with van der Waals surface area (Å²) in [6.07, 6.45) is 6.89. The summed E-state index contributed by atoms with van der Waals surface area (Å²) in [6.45, 7) is 11.4. The van der Waals surface area contributed by atoms with Gasteiger partial charge in [-0.1, -0.05) is 32.3 Å². The predicted octanol–water partition coefficient (Wildman–Crippen LogP) is 5.14. The first-order valence-corrected chi connectivity index (χ1v) is 17.7. The van der Waals surface area contributed by atoms with Gasteiger partial charge in [-0.25, -0.2) is 4.68 Å². The standard InChI is InChI=1S/C30H42N6O3Si/c1-7-28(37)32-23-14-15-31-26(19-23)21-8-13-27-25(18-21)29(34-36(27)20-39-16-17-40(4,5)6)30(38)33-22-9-11-24(12-10-22)35(2)3/h7-8,13-15,18-19,22,24H,1,9-12,16-17,20H2,2-6H3,(H,33,38)(H,31,32,37). The van der Waals surface area contributed by atoms with Gasteiger partial charge in [0, 0.05) is 49.6 Å². The molecule has 0 aliphatic heterocycles. The molecule has 0 spiro atoms. The first kappa shape index (κ1) is 29.6. The summed E-state index contributed by atoms with van der Waals surface area (Å²) in [6, 6.07) is 11.1. The van der Waals surface area contributed by atoms with E-state index in [0.717, 1.165) is 48.2 Å². The molecule has 2 amide bonds. The molecule has 1 fully saturated rings. The van der Waals surface area contributed by atoms with Gasteiger partial charge in [-0.05, 0) is 76.2 Å². The Hall–Kier alpha value is -3.34. The molecule has 2 aromatic heterocycles. The number of aromatic nitrogens is 3. The third-order valence-corrected chi connectivity index (χ3v) is 9.15. The van der Waals surface area contributed by atoms with Gasteiger partial charge in [0.05, 0.1) is 11.2 Å². The van der Waals surface area contributed by atoms with E-state index in [9.17, 15) is 9.59 Å². The summed E-state index contributed by atoms with van der Waals surface area (Å²) in [5.41, 5.74) is 3.33. The summed E-state index contributed by atoms with van der Waals surface area (Å²) < 4.78 is 7.77. The molecule has 0 radical (unpaired) electrons. The van der Waals surface area contributed by atoms with Crippen LogP contribution in [0, 0.1) is 0 Å². The number of pyridine rings is 1. The Labute approximate surface area is 238 Å². The molecule has 0 saturated heterocycles. The molecule has 3 aromatic rings. The van der Waals surface area contributed by atoms with Gasteiger partial charge in [-0.15, -0.1) is 0 Å². The van der Waals surface area contributed by atoms with Crippen LogP contribution in [0.2, 0.25) is 25.7 Å². The topological polar surface area (TPSA) is 101 Å². The molecule has 10 heteroatoms. The van der Waals surface area contributed by atoms with Gasteiger partial charge in [-0.2, -0.15) is 5.10 Å². The van der Waals surface area contributed by atoms with Gasteiger partial charge >= 0.3 is 0 Å². The number of carbonyl (C=O) groups is 2. The zero-order valence-corrected chi connectivity index (χ0v) is 25.4. The Kier molecular flexibility index (Phi) is 9.54. The van der Waals surface area contributed by atoms with Gasteiger partial charge < -0.3 is 20.3 Å². The van der Waals surface area contributed by atoms with Crippen LogP contribution in [-0.4, -0.2) is 72.3 Å². The van der Waals surface area contributed by atoms with Crippen molar-refractivity contribution in [1.29, 1.82) is 0 Å². The van der Waals surface area contributed by atoms with Gasteiger partial charge in [0.2, 0.25) is 5.91 Å². The van der Waals surface area contributed by atoms with Crippen LogP contribution in [0.15, 0.2) is 49.2 Å². The lowest BCUT2D eigenvalue weighted by molar-refractivity contribution is -0.111. The van der Waals surface area contributed by atoms with E-state index in [1.165, 1.54) is 6.08 Å². The molecule has 1 aliphatic carbocycles. The molecule has 4 rings (SSSR count). The van der Waals surface area contributed by atoms with Gasteiger partial charge in [0.15, 0.2) is 5.69 Å². The average molecular weight is 563 g/mol. The molecule has 40 heavy (non-hydrogen) atoms.